The number of hydrogen-bond donors (Lipinski definition) is 2. The predicted molar refractivity (Wildman–Crippen MR) is 95.4 cm³/mol. The second-order valence-corrected chi connectivity index (χ2v) is 7.96. The predicted octanol–water partition coefficient (Wildman–Crippen LogP) is 2.35. The summed E-state index contributed by atoms with van der Waals surface area (Å²) in [5.74, 6) is 1.14. The molecule has 4 fully saturated rings. The van der Waals surface area contributed by atoms with Crippen LogP contribution in [0.25, 0.3) is 0 Å². The lowest BCUT2D eigenvalue weighted by Crippen LogP contribution is -2.70. The highest BCUT2D eigenvalue weighted by atomic mass is 16.5. The Hall–Kier alpha value is -2.37. The Morgan fingerprint density at radius 1 is 1.12 bits per heavy atom. The van der Waals surface area contributed by atoms with Crippen LogP contribution >= 0.6 is 0 Å². The van der Waals surface area contributed by atoms with E-state index in [1.165, 1.54) is 13.5 Å². The van der Waals surface area contributed by atoms with Crippen molar-refractivity contribution < 1.29 is 19.1 Å². The quantitative estimate of drug-likeness (QED) is 0.626. The molecule has 4 aliphatic rings. The van der Waals surface area contributed by atoms with Gasteiger partial charge < -0.3 is 15.4 Å². The van der Waals surface area contributed by atoms with Crippen LogP contribution in [0.15, 0.2) is 24.3 Å². The van der Waals surface area contributed by atoms with Crippen molar-refractivity contribution in [2.24, 2.45) is 23.7 Å². The topological polar surface area (TPSA) is 84.5 Å². The lowest BCUT2D eigenvalue weighted by Gasteiger charge is -2.59. The van der Waals surface area contributed by atoms with Crippen molar-refractivity contribution in [3.63, 3.8) is 0 Å². The summed E-state index contributed by atoms with van der Waals surface area (Å²) in [4.78, 5) is 36.4. The molecule has 0 radical (unpaired) electrons. The van der Waals surface area contributed by atoms with Gasteiger partial charge in [-0.15, -0.1) is 0 Å². The van der Waals surface area contributed by atoms with Gasteiger partial charge in [-0.3, -0.25) is 9.59 Å². The third kappa shape index (κ3) is 2.59. The summed E-state index contributed by atoms with van der Waals surface area (Å²) >= 11 is 0. The summed E-state index contributed by atoms with van der Waals surface area (Å²) in [6.07, 6.45) is 5.96. The first-order valence-electron chi connectivity index (χ1n) is 9.28. The van der Waals surface area contributed by atoms with E-state index < -0.39 is 11.5 Å². The van der Waals surface area contributed by atoms with Crippen LogP contribution in [0.1, 0.15) is 42.5 Å². The van der Waals surface area contributed by atoms with Gasteiger partial charge in [0, 0.05) is 5.69 Å². The van der Waals surface area contributed by atoms with Crippen molar-refractivity contribution in [1.29, 1.82) is 0 Å². The van der Waals surface area contributed by atoms with Crippen molar-refractivity contribution >= 4 is 24.0 Å². The summed E-state index contributed by atoms with van der Waals surface area (Å²) in [6, 6.07) is 6.70. The van der Waals surface area contributed by atoms with Gasteiger partial charge in [0.2, 0.25) is 6.41 Å². The van der Waals surface area contributed by atoms with Gasteiger partial charge in [0.1, 0.15) is 5.54 Å². The van der Waals surface area contributed by atoms with Crippen LogP contribution in [0, 0.1) is 23.7 Å². The number of carbonyl (C=O) groups excluding carboxylic acids is 3. The minimum absolute atomic E-state index is 0.166. The molecule has 0 saturated heterocycles. The Kier molecular flexibility index (Phi) is 4.21. The third-order valence-electron chi connectivity index (χ3n) is 6.64. The molecule has 0 atom stereocenters. The maximum atomic E-state index is 13.3. The molecule has 0 aliphatic heterocycles. The highest BCUT2D eigenvalue weighted by Crippen LogP contribution is 2.58. The molecule has 26 heavy (non-hydrogen) atoms. The van der Waals surface area contributed by atoms with Crippen LogP contribution in [0.4, 0.5) is 5.69 Å². The number of ether oxygens (including phenoxy) is 1. The van der Waals surface area contributed by atoms with Crippen molar-refractivity contribution in [3.05, 3.63) is 29.8 Å². The molecular formula is C20H24N2O4. The molecule has 0 spiro atoms. The fraction of sp³-hybridized carbons (Fsp3) is 0.550. The molecule has 0 unspecified atom stereocenters. The summed E-state index contributed by atoms with van der Waals surface area (Å²) in [6.45, 7) is 0. The SMILES string of the molecule is COC(=O)c1cccc(NC(=O)C2(NC=O)C3CC4CC(C3)CC2C4)c1. The minimum Gasteiger partial charge on any atom is -0.465 e. The molecule has 4 aliphatic carbocycles. The van der Waals surface area contributed by atoms with Gasteiger partial charge in [-0.2, -0.15) is 0 Å². The van der Waals surface area contributed by atoms with Crippen LogP contribution in [0.3, 0.4) is 0 Å². The standard InChI is InChI=1S/C20H24N2O4/c1-26-18(24)14-3-2-4-17(10-14)22-19(25)20(21-11-23)15-6-12-5-13(8-15)9-16(20)7-12/h2-4,10-13,15-16H,5-9H2,1H3,(H,21,23)(H,22,25). The second-order valence-electron chi connectivity index (χ2n) is 7.96. The van der Waals surface area contributed by atoms with E-state index in [1.807, 2.05) is 0 Å². The fourth-order valence-electron chi connectivity index (χ4n) is 5.77. The third-order valence-corrected chi connectivity index (χ3v) is 6.64. The molecule has 0 aromatic heterocycles. The average Bonchev–Trinajstić information content (AvgIpc) is 2.63. The van der Waals surface area contributed by atoms with Crippen LogP contribution < -0.4 is 10.6 Å². The molecule has 6 nitrogen and oxygen atoms in total. The molecule has 1 aromatic carbocycles. The van der Waals surface area contributed by atoms with Gasteiger partial charge in [-0.1, -0.05) is 6.07 Å². The number of carbonyl (C=O) groups is 3. The molecule has 2 N–H and O–H groups in total. The Morgan fingerprint density at radius 3 is 2.35 bits per heavy atom. The van der Waals surface area contributed by atoms with E-state index in [0.717, 1.165) is 25.7 Å². The van der Waals surface area contributed by atoms with E-state index in [2.05, 4.69) is 10.6 Å². The van der Waals surface area contributed by atoms with Gasteiger partial charge in [0.05, 0.1) is 12.7 Å². The summed E-state index contributed by atoms with van der Waals surface area (Å²) < 4.78 is 4.74. The zero-order valence-corrected chi connectivity index (χ0v) is 14.9. The van der Waals surface area contributed by atoms with Crippen molar-refractivity contribution in [1.82, 2.24) is 5.32 Å². The molecule has 0 heterocycles. The Bertz CT molecular complexity index is 717. The van der Waals surface area contributed by atoms with Crippen molar-refractivity contribution in [3.8, 4) is 0 Å². The molecule has 138 valence electrons. The molecular weight excluding hydrogens is 332 g/mol. The Labute approximate surface area is 152 Å². The number of methoxy groups -OCH3 is 1. The van der Waals surface area contributed by atoms with Gasteiger partial charge >= 0.3 is 5.97 Å². The van der Waals surface area contributed by atoms with Crippen molar-refractivity contribution in [2.75, 3.05) is 12.4 Å². The zero-order chi connectivity index (χ0) is 18.3. The van der Waals surface area contributed by atoms with Crippen LogP contribution in [0.2, 0.25) is 0 Å². The fourth-order valence-corrected chi connectivity index (χ4v) is 5.77. The Balaban J connectivity index is 1.61. The van der Waals surface area contributed by atoms with Gasteiger partial charge in [0.25, 0.3) is 5.91 Å². The largest absolute Gasteiger partial charge is 0.465 e. The minimum atomic E-state index is -0.837. The van der Waals surface area contributed by atoms with E-state index in [-0.39, 0.29) is 17.7 Å². The lowest BCUT2D eigenvalue weighted by atomic mass is 9.48. The second kappa shape index (κ2) is 6.41. The lowest BCUT2D eigenvalue weighted by molar-refractivity contribution is -0.144. The molecule has 2 amide bonds. The molecule has 4 saturated carbocycles. The molecule has 1 aromatic rings. The van der Waals surface area contributed by atoms with E-state index >= 15 is 0 Å². The maximum Gasteiger partial charge on any atom is 0.337 e. The first kappa shape index (κ1) is 17.1. The maximum absolute atomic E-state index is 13.3. The van der Waals surface area contributed by atoms with Crippen molar-refractivity contribution in [2.45, 2.75) is 37.6 Å². The Morgan fingerprint density at radius 2 is 1.77 bits per heavy atom. The summed E-state index contributed by atoms with van der Waals surface area (Å²) in [5, 5.41) is 5.87. The van der Waals surface area contributed by atoms with Crippen LogP contribution in [-0.4, -0.2) is 30.9 Å². The monoisotopic (exact) mass is 356 g/mol. The first-order valence-corrected chi connectivity index (χ1v) is 9.28. The van der Waals surface area contributed by atoms with E-state index in [1.54, 1.807) is 24.3 Å². The highest BCUT2D eigenvalue weighted by Gasteiger charge is 2.61. The number of hydrogen-bond acceptors (Lipinski definition) is 4. The summed E-state index contributed by atoms with van der Waals surface area (Å²) in [7, 11) is 1.32. The number of rotatable bonds is 5. The van der Waals surface area contributed by atoms with Gasteiger partial charge in [0.15, 0.2) is 0 Å². The normalized spacial score (nSPS) is 34.2. The number of amides is 2. The van der Waals surface area contributed by atoms with Gasteiger partial charge in [-0.25, -0.2) is 4.79 Å². The number of benzene rings is 1. The number of nitrogens with one attached hydrogen (secondary N) is 2. The average molecular weight is 356 g/mol. The van der Waals surface area contributed by atoms with Crippen LogP contribution in [-0.2, 0) is 14.3 Å². The van der Waals surface area contributed by atoms with E-state index in [0.29, 0.717) is 29.5 Å². The van der Waals surface area contributed by atoms with E-state index in [4.69, 9.17) is 4.74 Å². The summed E-state index contributed by atoms with van der Waals surface area (Å²) in [5.41, 5.74) is 0.0859. The molecule has 6 heteroatoms. The van der Waals surface area contributed by atoms with E-state index in [9.17, 15) is 14.4 Å². The highest BCUT2D eigenvalue weighted by molar-refractivity contribution is 6.01. The zero-order valence-electron chi connectivity index (χ0n) is 14.9. The van der Waals surface area contributed by atoms with Gasteiger partial charge in [-0.05, 0) is 74.0 Å². The molecule has 5 rings (SSSR count). The smallest absolute Gasteiger partial charge is 0.337 e. The number of esters is 1. The first-order chi connectivity index (χ1) is 12.6. The molecule has 4 bridgehead atoms. The number of anilines is 1. The van der Waals surface area contributed by atoms with Crippen LogP contribution in [0.5, 0.6) is 0 Å².